The van der Waals surface area contributed by atoms with Crippen molar-refractivity contribution in [1.29, 1.82) is 0 Å². The Kier molecular flexibility index (Phi) is 4.58. The van der Waals surface area contributed by atoms with Crippen molar-refractivity contribution < 1.29 is 13.5 Å². The molecule has 0 amide bonds. The van der Waals surface area contributed by atoms with Gasteiger partial charge in [0.25, 0.3) is 0 Å². The Morgan fingerprint density at radius 3 is 2.24 bits per heavy atom. The van der Waals surface area contributed by atoms with Crippen LogP contribution in [0, 0.1) is 25.5 Å². The fourth-order valence-electron chi connectivity index (χ4n) is 2.50. The van der Waals surface area contributed by atoms with Crippen LogP contribution in [0.15, 0.2) is 30.3 Å². The summed E-state index contributed by atoms with van der Waals surface area (Å²) in [5.41, 5.74) is 2.97. The second-order valence-electron chi connectivity index (χ2n) is 5.02. The molecule has 4 heteroatoms. The summed E-state index contributed by atoms with van der Waals surface area (Å²) in [7, 11) is 3.07. The lowest BCUT2D eigenvalue weighted by Gasteiger charge is -2.22. The highest BCUT2D eigenvalue weighted by Crippen LogP contribution is 2.32. The molecule has 0 aliphatic rings. The maximum absolute atomic E-state index is 14.3. The van der Waals surface area contributed by atoms with Gasteiger partial charge in [0.1, 0.15) is 17.4 Å². The van der Waals surface area contributed by atoms with Crippen LogP contribution >= 0.6 is 0 Å². The zero-order valence-corrected chi connectivity index (χ0v) is 12.6. The molecule has 21 heavy (non-hydrogen) atoms. The van der Waals surface area contributed by atoms with Gasteiger partial charge in [-0.3, -0.25) is 0 Å². The standard InChI is InChI=1S/C17H19F2NO/c1-10-6-5-7-13(11(10)2)17(20-3)16-14(18)8-12(21-4)9-15(16)19/h5-9,17,20H,1-4H3. The van der Waals surface area contributed by atoms with Crippen LogP contribution in [0.25, 0.3) is 0 Å². The zero-order valence-electron chi connectivity index (χ0n) is 12.6. The molecule has 0 heterocycles. The van der Waals surface area contributed by atoms with Crippen LogP contribution in [-0.4, -0.2) is 14.2 Å². The molecule has 2 nitrogen and oxygen atoms in total. The molecule has 2 aromatic carbocycles. The lowest BCUT2D eigenvalue weighted by molar-refractivity contribution is 0.403. The van der Waals surface area contributed by atoms with Gasteiger partial charge in [0.2, 0.25) is 0 Å². The van der Waals surface area contributed by atoms with E-state index in [1.807, 2.05) is 32.0 Å². The maximum atomic E-state index is 14.3. The predicted octanol–water partition coefficient (Wildman–Crippen LogP) is 3.90. The molecule has 0 saturated heterocycles. The molecule has 0 aromatic heterocycles. The average Bonchev–Trinajstić information content (AvgIpc) is 2.46. The van der Waals surface area contributed by atoms with Crippen molar-refractivity contribution in [2.24, 2.45) is 0 Å². The smallest absolute Gasteiger partial charge is 0.134 e. The predicted molar refractivity (Wildman–Crippen MR) is 79.7 cm³/mol. The normalized spacial score (nSPS) is 12.3. The van der Waals surface area contributed by atoms with Gasteiger partial charge in [0.05, 0.1) is 13.2 Å². The van der Waals surface area contributed by atoms with E-state index in [4.69, 9.17) is 4.74 Å². The first kappa shape index (κ1) is 15.4. The Morgan fingerprint density at radius 2 is 1.71 bits per heavy atom. The molecule has 1 N–H and O–H groups in total. The van der Waals surface area contributed by atoms with Gasteiger partial charge in [-0.1, -0.05) is 18.2 Å². The number of benzene rings is 2. The van der Waals surface area contributed by atoms with Crippen LogP contribution in [0.2, 0.25) is 0 Å². The van der Waals surface area contributed by atoms with Crippen molar-refractivity contribution in [1.82, 2.24) is 5.32 Å². The summed E-state index contributed by atoms with van der Waals surface area (Å²) in [6.45, 7) is 3.93. The van der Waals surface area contributed by atoms with Crippen molar-refractivity contribution in [2.75, 3.05) is 14.2 Å². The number of nitrogens with one attached hydrogen (secondary N) is 1. The SMILES string of the molecule is CNC(c1cccc(C)c1C)c1c(F)cc(OC)cc1F. The molecule has 2 aromatic rings. The lowest BCUT2D eigenvalue weighted by atomic mass is 9.92. The summed E-state index contributed by atoms with van der Waals surface area (Å²) in [5, 5.41) is 3.00. The minimum absolute atomic E-state index is 0.00648. The van der Waals surface area contributed by atoms with Crippen molar-refractivity contribution in [3.63, 3.8) is 0 Å². The van der Waals surface area contributed by atoms with Crippen molar-refractivity contribution in [3.05, 3.63) is 64.2 Å². The van der Waals surface area contributed by atoms with E-state index in [1.165, 1.54) is 19.2 Å². The summed E-state index contributed by atoms with van der Waals surface area (Å²) >= 11 is 0. The molecule has 2 rings (SSSR count). The molecule has 0 bridgehead atoms. The molecule has 0 aliphatic heterocycles. The minimum atomic E-state index is -0.618. The fraction of sp³-hybridized carbons (Fsp3) is 0.294. The Morgan fingerprint density at radius 1 is 1.10 bits per heavy atom. The number of hydrogen-bond donors (Lipinski definition) is 1. The molecule has 0 saturated carbocycles. The summed E-state index contributed by atoms with van der Waals surface area (Å²) in [6, 6.07) is 7.61. The van der Waals surface area contributed by atoms with E-state index in [-0.39, 0.29) is 11.3 Å². The van der Waals surface area contributed by atoms with E-state index in [2.05, 4.69) is 5.32 Å². The van der Waals surface area contributed by atoms with E-state index in [9.17, 15) is 8.78 Å². The molecular formula is C17H19F2NO. The first-order valence-corrected chi connectivity index (χ1v) is 6.76. The van der Waals surface area contributed by atoms with Gasteiger partial charge in [-0.25, -0.2) is 8.78 Å². The highest BCUT2D eigenvalue weighted by Gasteiger charge is 2.23. The quantitative estimate of drug-likeness (QED) is 0.922. The first-order chi connectivity index (χ1) is 9.99. The molecule has 112 valence electrons. The fourth-order valence-corrected chi connectivity index (χ4v) is 2.50. The van der Waals surface area contributed by atoms with Gasteiger partial charge in [0.15, 0.2) is 0 Å². The summed E-state index contributed by atoms with van der Waals surface area (Å²) in [4.78, 5) is 0. The van der Waals surface area contributed by atoms with E-state index in [0.29, 0.717) is 0 Å². The van der Waals surface area contributed by atoms with Crippen LogP contribution in [0.1, 0.15) is 28.3 Å². The van der Waals surface area contributed by atoms with Crippen LogP contribution in [0.4, 0.5) is 8.78 Å². The van der Waals surface area contributed by atoms with Crippen LogP contribution in [0.5, 0.6) is 5.75 Å². The second kappa shape index (κ2) is 6.22. The summed E-state index contributed by atoms with van der Waals surface area (Å²) in [6.07, 6.45) is 0. The van der Waals surface area contributed by atoms with E-state index in [0.717, 1.165) is 16.7 Å². The highest BCUT2D eigenvalue weighted by atomic mass is 19.1. The first-order valence-electron chi connectivity index (χ1n) is 6.76. The number of ether oxygens (including phenoxy) is 1. The molecule has 0 fully saturated rings. The lowest BCUT2D eigenvalue weighted by Crippen LogP contribution is -2.21. The van der Waals surface area contributed by atoms with E-state index >= 15 is 0 Å². The third-order valence-corrected chi connectivity index (χ3v) is 3.82. The molecular weight excluding hydrogens is 272 g/mol. The van der Waals surface area contributed by atoms with Gasteiger partial charge in [-0.15, -0.1) is 0 Å². The number of rotatable bonds is 4. The second-order valence-corrected chi connectivity index (χ2v) is 5.02. The molecule has 1 atom stereocenters. The Labute approximate surface area is 123 Å². The third-order valence-electron chi connectivity index (χ3n) is 3.82. The van der Waals surface area contributed by atoms with Gasteiger partial charge >= 0.3 is 0 Å². The number of halogens is 2. The number of aryl methyl sites for hydroxylation is 1. The minimum Gasteiger partial charge on any atom is -0.497 e. The molecule has 0 spiro atoms. The van der Waals surface area contributed by atoms with Gasteiger partial charge in [0, 0.05) is 17.7 Å². The zero-order chi connectivity index (χ0) is 15.6. The van der Waals surface area contributed by atoms with Crippen LogP contribution in [0.3, 0.4) is 0 Å². The number of methoxy groups -OCH3 is 1. The molecule has 1 unspecified atom stereocenters. The maximum Gasteiger partial charge on any atom is 0.134 e. The monoisotopic (exact) mass is 291 g/mol. The highest BCUT2D eigenvalue weighted by molar-refractivity contribution is 5.43. The van der Waals surface area contributed by atoms with Crippen molar-refractivity contribution >= 4 is 0 Å². The summed E-state index contributed by atoms with van der Waals surface area (Å²) in [5.74, 6) is -1.07. The van der Waals surface area contributed by atoms with Crippen LogP contribution in [-0.2, 0) is 0 Å². The van der Waals surface area contributed by atoms with Crippen LogP contribution < -0.4 is 10.1 Å². The molecule has 0 aliphatic carbocycles. The van der Waals surface area contributed by atoms with Crippen molar-refractivity contribution in [3.8, 4) is 5.75 Å². The number of hydrogen-bond acceptors (Lipinski definition) is 2. The topological polar surface area (TPSA) is 21.3 Å². The largest absolute Gasteiger partial charge is 0.497 e. The Bertz CT molecular complexity index is 632. The third kappa shape index (κ3) is 2.90. The Balaban J connectivity index is 2.59. The Hall–Kier alpha value is -1.94. The van der Waals surface area contributed by atoms with E-state index < -0.39 is 17.7 Å². The van der Waals surface area contributed by atoms with Gasteiger partial charge in [-0.2, -0.15) is 0 Å². The van der Waals surface area contributed by atoms with E-state index in [1.54, 1.807) is 7.05 Å². The summed E-state index contributed by atoms with van der Waals surface area (Å²) < 4.78 is 33.5. The van der Waals surface area contributed by atoms with Gasteiger partial charge < -0.3 is 10.1 Å². The molecule has 0 radical (unpaired) electrons. The van der Waals surface area contributed by atoms with Gasteiger partial charge in [-0.05, 0) is 37.6 Å². The van der Waals surface area contributed by atoms with Crippen molar-refractivity contribution in [2.45, 2.75) is 19.9 Å². The average molecular weight is 291 g/mol.